The Morgan fingerprint density at radius 2 is 0.485 bits per heavy atom. The highest BCUT2D eigenvalue weighted by atomic mass is 79.9. The van der Waals surface area contributed by atoms with Gasteiger partial charge in [0.05, 0.1) is 27.7 Å². The molecule has 0 amide bonds. The van der Waals surface area contributed by atoms with E-state index in [9.17, 15) is 0 Å². The molecule has 0 heterocycles. The van der Waals surface area contributed by atoms with Crippen LogP contribution < -0.4 is 17.0 Å². The molecule has 0 saturated heterocycles. The first kappa shape index (κ1) is 35.6. The molecule has 202 valence electrons. The quantitative estimate of drug-likeness (QED) is 0.0746. The molecule has 0 aliphatic carbocycles. The van der Waals surface area contributed by atoms with Crippen LogP contribution in [0.2, 0.25) is 0 Å². The van der Waals surface area contributed by atoms with E-state index in [1.54, 1.807) is 0 Å². The maximum Gasteiger partial charge on any atom is 0.0780 e. The second kappa shape index (κ2) is 28.7. The van der Waals surface area contributed by atoms with Crippen LogP contribution in [0.3, 0.4) is 0 Å². The van der Waals surface area contributed by atoms with Gasteiger partial charge in [-0.2, -0.15) is 0 Å². The van der Waals surface area contributed by atoms with Crippen molar-refractivity contribution < 1.29 is 21.5 Å². The lowest BCUT2D eigenvalue weighted by Gasteiger charge is -2.23. The van der Waals surface area contributed by atoms with Crippen molar-refractivity contribution in [2.45, 2.75) is 174 Å². The van der Waals surface area contributed by atoms with Crippen LogP contribution in [0.15, 0.2) is 0 Å². The van der Waals surface area contributed by atoms with E-state index in [4.69, 9.17) is 0 Å². The van der Waals surface area contributed by atoms with Crippen LogP contribution in [0.5, 0.6) is 0 Å². The van der Waals surface area contributed by atoms with E-state index in [0.29, 0.717) is 0 Å². The van der Waals surface area contributed by atoms with Gasteiger partial charge in [0.15, 0.2) is 0 Å². The highest BCUT2D eigenvalue weighted by Crippen LogP contribution is 2.16. The van der Waals surface area contributed by atoms with E-state index in [0.717, 1.165) is 4.48 Å². The third-order valence-electron chi connectivity index (χ3n) is 7.18. The predicted molar refractivity (Wildman–Crippen MR) is 149 cm³/mol. The van der Waals surface area contributed by atoms with Crippen LogP contribution in [-0.4, -0.2) is 32.2 Å². The fourth-order valence-corrected chi connectivity index (χ4v) is 4.90. The van der Waals surface area contributed by atoms with E-state index < -0.39 is 0 Å². The van der Waals surface area contributed by atoms with E-state index in [2.05, 4.69) is 28.1 Å². The van der Waals surface area contributed by atoms with Crippen LogP contribution in [0, 0.1) is 0 Å². The summed E-state index contributed by atoms with van der Waals surface area (Å²) in [4.78, 5) is 0. The van der Waals surface area contributed by atoms with Crippen LogP contribution in [-0.2, 0) is 0 Å². The Labute approximate surface area is 222 Å². The third-order valence-corrected chi connectivity index (χ3v) is 7.18. The normalized spacial score (nSPS) is 11.6. The predicted octanol–water partition coefficient (Wildman–Crippen LogP) is 7.86. The standard InChI is InChI=1S/C31H66N.BrH/c1-5-6-7-8-9-10-11-12-13-14-15-16-17-18-19-20-21-22-23-24-25-26-27-28-29-30-31-32(2,3)4;/h5-31H2,1-4H3;1H/q+1;/p-1. The number of halogens is 1. The fraction of sp³-hybridized carbons (Fsp3) is 1.00. The van der Waals surface area contributed by atoms with Crippen molar-refractivity contribution in [1.82, 2.24) is 0 Å². The molecule has 0 aromatic heterocycles. The number of hydrogen-bond acceptors (Lipinski definition) is 0. The fourth-order valence-electron chi connectivity index (χ4n) is 4.90. The van der Waals surface area contributed by atoms with Crippen molar-refractivity contribution in [3.05, 3.63) is 0 Å². The molecule has 0 aromatic rings. The van der Waals surface area contributed by atoms with Gasteiger partial charge in [-0.25, -0.2) is 0 Å². The SMILES string of the molecule is CCCCCCCCCCCCCCCCCCCCCCCCCCCC[N+](C)(C)C.[Br-]. The molecular formula is C31H66BrN. The molecule has 0 N–H and O–H groups in total. The van der Waals surface area contributed by atoms with Gasteiger partial charge in [-0.15, -0.1) is 0 Å². The Balaban J connectivity index is 0. The molecule has 0 radical (unpaired) electrons. The molecule has 0 unspecified atom stereocenters. The van der Waals surface area contributed by atoms with Gasteiger partial charge in [0, 0.05) is 0 Å². The topological polar surface area (TPSA) is 0 Å². The van der Waals surface area contributed by atoms with E-state index >= 15 is 0 Å². The zero-order valence-electron chi connectivity index (χ0n) is 23.9. The number of rotatable bonds is 27. The van der Waals surface area contributed by atoms with Gasteiger partial charge in [0.1, 0.15) is 0 Å². The van der Waals surface area contributed by atoms with Gasteiger partial charge < -0.3 is 21.5 Å². The lowest BCUT2D eigenvalue weighted by atomic mass is 10.0. The lowest BCUT2D eigenvalue weighted by Crippen LogP contribution is -3.00. The maximum atomic E-state index is 2.31. The van der Waals surface area contributed by atoms with Gasteiger partial charge in [-0.1, -0.05) is 161 Å². The molecule has 0 saturated carbocycles. The zero-order chi connectivity index (χ0) is 23.6. The molecular weight excluding hydrogens is 466 g/mol. The Bertz CT molecular complexity index is 336. The Morgan fingerprint density at radius 3 is 0.667 bits per heavy atom. The maximum absolute atomic E-state index is 2.31. The summed E-state index contributed by atoms with van der Waals surface area (Å²) in [6.45, 7) is 3.64. The molecule has 2 heteroatoms. The highest BCUT2D eigenvalue weighted by Gasteiger charge is 2.05. The Hall–Kier alpha value is 0.440. The molecule has 33 heavy (non-hydrogen) atoms. The summed E-state index contributed by atoms with van der Waals surface area (Å²) < 4.78 is 1.12. The van der Waals surface area contributed by atoms with E-state index in [-0.39, 0.29) is 17.0 Å². The number of hydrogen-bond donors (Lipinski definition) is 0. The molecule has 0 aromatic carbocycles. The largest absolute Gasteiger partial charge is 1.00 e. The molecule has 0 atom stereocenters. The minimum Gasteiger partial charge on any atom is -1.00 e. The molecule has 0 fully saturated rings. The summed E-state index contributed by atoms with van der Waals surface area (Å²) in [5, 5.41) is 0. The van der Waals surface area contributed by atoms with E-state index in [1.165, 1.54) is 173 Å². The molecule has 1 nitrogen and oxygen atoms in total. The molecule has 0 rings (SSSR count). The zero-order valence-corrected chi connectivity index (χ0v) is 25.5. The van der Waals surface area contributed by atoms with Crippen molar-refractivity contribution in [2.24, 2.45) is 0 Å². The van der Waals surface area contributed by atoms with Gasteiger partial charge in [0.2, 0.25) is 0 Å². The monoisotopic (exact) mass is 531 g/mol. The van der Waals surface area contributed by atoms with Crippen LogP contribution in [0.1, 0.15) is 174 Å². The van der Waals surface area contributed by atoms with Crippen molar-refractivity contribution in [3.8, 4) is 0 Å². The van der Waals surface area contributed by atoms with Crippen molar-refractivity contribution in [2.75, 3.05) is 27.7 Å². The third kappa shape index (κ3) is 34.7. The Kier molecular flexibility index (Phi) is 30.9. The summed E-state index contributed by atoms with van der Waals surface area (Å²) in [5.41, 5.74) is 0. The molecule has 0 aliphatic rings. The second-order valence-corrected chi connectivity index (χ2v) is 11.9. The van der Waals surface area contributed by atoms with Gasteiger partial charge in [-0.3, -0.25) is 0 Å². The smallest absolute Gasteiger partial charge is 0.0780 e. The molecule has 0 aliphatic heterocycles. The average molecular weight is 533 g/mol. The van der Waals surface area contributed by atoms with Crippen LogP contribution in [0.4, 0.5) is 0 Å². The first-order valence-corrected chi connectivity index (χ1v) is 15.4. The van der Waals surface area contributed by atoms with Crippen LogP contribution in [0.25, 0.3) is 0 Å². The van der Waals surface area contributed by atoms with Crippen molar-refractivity contribution >= 4 is 0 Å². The van der Waals surface area contributed by atoms with Gasteiger partial charge in [0.25, 0.3) is 0 Å². The molecule has 0 spiro atoms. The highest BCUT2D eigenvalue weighted by molar-refractivity contribution is 4.52. The number of unbranched alkanes of at least 4 members (excludes halogenated alkanes) is 25. The molecule has 0 bridgehead atoms. The minimum atomic E-state index is 0. The summed E-state index contributed by atoms with van der Waals surface area (Å²) in [5.74, 6) is 0. The van der Waals surface area contributed by atoms with Crippen LogP contribution >= 0.6 is 0 Å². The van der Waals surface area contributed by atoms with Crippen molar-refractivity contribution in [1.29, 1.82) is 0 Å². The first-order valence-electron chi connectivity index (χ1n) is 15.4. The summed E-state index contributed by atoms with van der Waals surface area (Å²) >= 11 is 0. The summed E-state index contributed by atoms with van der Waals surface area (Å²) in [7, 11) is 6.92. The van der Waals surface area contributed by atoms with E-state index in [1.807, 2.05) is 0 Å². The number of nitrogens with zero attached hydrogens (tertiary/aromatic N) is 1. The first-order chi connectivity index (χ1) is 15.6. The summed E-state index contributed by atoms with van der Waals surface area (Å²) in [6.07, 6.45) is 38.3. The average Bonchev–Trinajstić information content (AvgIpc) is 2.75. The van der Waals surface area contributed by atoms with Gasteiger partial charge in [-0.05, 0) is 12.8 Å². The second-order valence-electron chi connectivity index (χ2n) is 11.9. The Morgan fingerprint density at radius 1 is 0.303 bits per heavy atom. The van der Waals surface area contributed by atoms with Gasteiger partial charge >= 0.3 is 0 Å². The lowest BCUT2D eigenvalue weighted by molar-refractivity contribution is -0.870. The minimum absolute atomic E-state index is 0. The summed E-state index contributed by atoms with van der Waals surface area (Å²) in [6, 6.07) is 0. The number of quaternary nitrogens is 1. The van der Waals surface area contributed by atoms with Crippen molar-refractivity contribution in [3.63, 3.8) is 0 Å².